The number of rotatable bonds is 2. The van der Waals surface area contributed by atoms with Crippen molar-refractivity contribution in [1.29, 1.82) is 0 Å². The van der Waals surface area contributed by atoms with Crippen molar-refractivity contribution >= 4 is 75.7 Å². The molecule has 10 nitrogen and oxygen atoms in total. The van der Waals surface area contributed by atoms with Crippen molar-refractivity contribution in [1.82, 2.24) is 20.2 Å². The Kier molecular flexibility index (Phi) is 11.1. The highest BCUT2D eigenvalue weighted by atomic mass is 35.5. The van der Waals surface area contributed by atoms with Crippen molar-refractivity contribution < 1.29 is 19.1 Å². The first-order valence-corrected chi connectivity index (χ1v) is 19.8. The molecule has 4 aliphatic rings. The summed E-state index contributed by atoms with van der Waals surface area (Å²) >= 11 is 24.5. The summed E-state index contributed by atoms with van der Waals surface area (Å²) in [4.78, 5) is 52.2. The number of carbonyl (C=O) groups is 3. The molecule has 0 radical (unpaired) electrons. The molecule has 0 bridgehead atoms. The van der Waals surface area contributed by atoms with Crippen LogP contribution in [0.15, 0.2) is 73.1 Å². The van der Waals surface area contributed by atoms with Gasteiger partial charge in [0.2, 0.25) is 0 Å². The zero-order chi connectivity index (χ0) is 39.1. The summed E-state index contributed by atoms with van der Waals surface area (Å²) in [5.74, 6) is -0.169. The number of carbonyl (C=O) groups excluding carboxylic acids is 3. The largest absolute Gasteiger partial charge is 0.444 e. The number of nitrogens with one attached hydrogen (secondary N) is 1. The fourth-order valence-corrected chi connectivity index (χ4v) is 8.92. The predicted octanol–water partition coefficient (Wildman–Crippen LogP) is 8.99. The number of ether oxygens (including phenoxy) is 1. The van der Waals surface area contributed by atoms with E-state index in [1.54, 1.807) is 46.3 Å². The topological polar surface area (TPSA) is 108 Å². The highest BCUT2D eigenvalue weighted by Gasteiger charge is 2.48. The van der Waals surface area contributed by atoms with Crippen molar-refractivity contribution in [2.24, 2.45) is 0 Å². The Labute approximate surface area is 341 Å². The van der Waals surface area contributed by atoms with Crippen LogP contribution in [0.3, 0.4) is 0 Å². The number of likely N-dealkylation sites (tertiary alicyclic amines) is 1. The van der Waals surface area contributed by atoms with Gasteiger partial charge in [-0.2, -0.15) is 0 Å². The van der Waals surface area contributed by atoms with E-state index in [0.29, 0.717) is 52.5 Å². The van der Waals surface area contributed by atoms with Gasteiger partial charge >= 0.3 is 6.09 Å². The van der Waals surface area contributed by atoms with E-state index in [0.717, 1.165) is 55.7 Å². The van der Waals surface area contributed by atoms with E-state index in [9.17, 15) is 14.4 Å². The van der Waals surface area contributed by atoms with E-state index >= 15 is 0 Å². The SMILES string of the molecule is CC(C)(C)OC(=O)N1CCC2(CC1)CN(C(=O)c1ccnc(Cl)c1)c1ccc(Cl)cc12.O=C(c1ccnc(Cl)c1)N1CC2(CCNCC2)c2cc(Cl)ccc21. The Bertz CT molecular complexity index is 2130. The van der Waals surface area contributed by atoms with Crippen molar-refractivity contribution in [2.75, 3.05) is 49.1 Å². The number of fused-ring (bicyclic) bond motifs is 4. The lowest BCUT2D eigenvalue weighted by Gasteiger charge is -2.40. The first kappa shape index (κ1) is 39.3. The molecule has 3 amide bonds. The van der Waals surface area contributed by atoms with Crippen molar-refractivity contribution in [3.05, 3.63) is 116 Å². The molecule has 14 heteroatoms. The number of aromatic nitrogens is 2. The minimum Gasteiger partial charge on any atom is -0.444 e. The van der Waals surface area contributed by atoms with Gasteiger partial charge in [0.1, 0.15) is 15.9 Å². The highest BCUT2D eigenvalue weighted by Crippen LogP contribution is 2.49. The number of pyridine rings is 2. The molecule has 2 saturated heterocycles. The van der Waals surface area contributed by atoms with Gasteiger partial charge in [0.15, 0.2) is 0 Å². The zero-order valence-electron chi connectivity index (χ0n) is 30.9. The van der Waals surface area contributed by atoms with Crippen LogP contribution in [0, 0.1) is 0 Å². The lowest BCUT2D eigenvalue weighted by molar-refractivity contribution is 0.0169. The van der Waals surface area contributed by atoms with Gasteiger partial charge in [-0.3, -0.25) is 9.59 Å². The number of anilines is 2. The van der Waals surface area contributed by atoms with Crippen LogP contribution in [0.5, 0.6) is 0 Å². The average molecular weight is 825 g/mol. The summed E-state index contributed by atoms with van der Waals surface area (Å²) in [7, 11) is 0. The van der Waals surface area contributed by atoms with Crippen molar-refractivity contribution in [2.45, 2.75) is 62.9 Å². The Morgan fingerprint density at radius 1 is 0.673 bits per heavy atom. The van der Waals surface area contributed by atoms with Crippen LogP contribution in [0.1, 0.15) is 78.3 Å². The summed E-state index contributed by atoms with van der Waals surface area (Å²) in [6.07, 6.45) is 6.24. The van der Waals surface area contributed by atoms with Crippen LogP contribution in [0.4, 0.5) is 16.2 Å². The molecule has 8 rings (SSSR count). The van der Waals surface area contributed by atoms with E-state index in [2.05, 4.69) is 15.3 Å². The number of piperidine rings is 2. The third-order valence-electron chi connectivity index (χ3n) is 10.9. The van der Waals surface area contributed by atoms with Gasteiger partial charge in [-0.15, -0.1) is 0 Å². The average Bonchev–Trinajstić information content (AvgIpc) is 3.62. The first-order chi connectivity index (χ1) is 26.2. The van der Waals surface area contributed by atoms with E-state index in [4.69, 9.17) is 51.1 Å². The molecule has 55 heavy (non-hydrogen) atoms. The van der Waals surface area contributed by atoms with Gasteiger partial charge < -0.3 is 24.8 Å². The van der Waals surface area contributed by atoms with Gasteiger partial charge in [-0.1, -0.05) is 46.4 Å². The van der Waals surface area contributed by atoms with E-state index in [1.165, 1.54) is 11.8 Å². The molecule has 1 N–H and O–H groups in total. The molecule has 288 valence electrons. The molecule has 0 aliphatic carbocycles. The van der Waals surface area contributed by atoms with Crippen molar-refractivity contribution in [3.8, 4) is 0 Å². The molecule has 4 aromatic rings. The Morgan fingerprint density at radius 2 is 1.13 bits per heavy atom. The third kappa shape index (κ3) is 8.16. The molecule has 2 spiro atoms. The highest BCUT2D eigenvalue weighted by molar-refractivity contribution is 6.31. The molecular weight excluding hydrogens is 782 g/mol. The monoisotopic (exact) mass is 822 g/mol. The minimum absolute atomic E-state index is 0.0159. The molecule has 0 unspecified atom stereocenters. The lowest BCUT2D eigenvalue weighted by atomic mass is 9.74. The molecule has 2 fully saturated rings. The maximum atomic E-state index is 13.3. The van der Waals surface area contributed by atoms with Crippen molar-refractivity contribution in [3.63, 3.8) is 0 Å². The second kappa shape index (κ2) is 15.5. The quantitative estimate of drug-likeness (QED) is 0.201. The summed E-state index contributed by atoms with van der Waals surface area (Å²) in [5, 5.41) is 5.36. The van der Waals surface area contributed by atoms with E-state index in [-0.39, 0.29) is 33.9 Å². The number of amides is 3. The predicted molar refractivity (Wildman–Crippen MR) is 217 cm³/mol. The Morgan fingerprint density at radius 3 is 1.56 bits per heavy atom. The second-order valence-corrected chi connectivity index (χ2v) is 17.3. The van der Waals surface area contributed by atoms with Crippen LogP contribution < -0.4 is 15.1 Å². The third-order valence-corrected chi connectivity index (χ3v) is 11.8. The molecule has 0 atom stereocenters. The van der Waals surface area contributed by atoms with Gasteiger partial charge in [-0.25, -0.2) is 14.8 Å². The number of hydrogen-bond acceptors (Lipinski definition) is 7. The summed E-state index contributed by atoms with van der Waals surface area (Å²) in [5.41, 5.74) is 4.29. The van der Waals surface area contributed by atoms with Gasteiger partial charge in [0.25, 0.3) is 11.8 Å². The maximum absolute atomic E-state index is 13.3. The van der Waals surface area contributed by atoms with Crippen LogP contribution in [-0.4, -0.2) is 77.6 Å². The molecule has 2 aromatic carbocycles. The maximum Gasteiger partial charge on any atom is 0.410 e. The minimum atomic E-state index is -0.533. The van der Waals surface area contributed by atoms with Gasteiger partial charge in [0, 0.05) is 81.9 Å². The smallest absolute Gasteiger partial charge is 0.410 e. The van der Waals surface area contributed by atoms with Crippen LogP contribution in [0.2, 0.25) is 20.4 Å². The Balaban J connectivity index is 0.000000174. The fraction of sp³-hybridized carbons (Fsp3) is 0.390. The molecule has 0 saturated carbocycles. The number of benzene rings is 2. The van der Waals surface area contributed by atoms with Gasteiger partial charge in [-0.05, 0) is 131 Å². The molecule has 4 aliphatic heterocycles. The molecular formula is C41H42Cl4N6O4. The van der Waals surface area contributed by atoms with Crippen LogP contribution >= 0.6 is 46.4 Å². The summed E-state index contributed by atoms with van der Waals surface area (Å²) in [6, 6.07) is 18.0. The number of halogens is 4. The standard InChI is InChI=1S/C23H25Cl2N3O3.C18H17Cl2N3O/c1-22(2,3)31-21(30)27-10-7-23(8-11-27)14-28(18-5-4-16(24)13-17(18)23)20(29)15-6-9-26-19(25)12-15;19-13-1-2-15-14(10-13)18(4-7-21-8-5-18)11-23(15)17(24)12-3-6-22-16(20)9-12/h4-6,9,12-13H,7-8,10-11,14H2,1-3H3;1-3,6,9-10,21H,4-5,7-8,11H2. The summed E-state index contributed by atoms with van der Waals surface area (Å²) < 4.78 is 5.53. The number of hydrogen-bond donors (Lipinski definition) is 1. The molecule has 2 aromatic heterocycles. The van der Waals surface area contributed by atoms with E-state index < -0.39 is 5.60 Å². The zero-order valence-corrected chi connectivity index (χ0v) is 33.9. The Hall–Kier alpha value is -3.93. The second-order valence-electron chi connectivity index (χ2n) is 15.6. The van der Waals surface area contributed by atoms with Crippen LogP contribution in [-0.2, 0) is 15.6 Å². The fourth-order valence-electron chi connectivity index (χ4n) is 8.23. The first-order valence-electron chi connectivity index (χ1n) is 18.3. The lowest BCUT2D eigenvalue weighted by Crippen LogP contribution is -2.49. The molecule has 6 heterocycles. The van der Waals surface area contributed by atoms with Gasteiger partial charge in [0.05, 0.1) is 0 Å². The van der Waals surface area contributed by atoms with Crippen LogP contribution in [0.25, 0.3) is 0 Å². The summed E-state index contributed by atoms with van der Waals surface area (Å²) in [6.45, 7) is 9.83. The normalized spacial score (nSPS) is 18.1. The van der Waals surface area contributed by atoms with E-state index in [1.807, 2.05) is 56.0 Å². The number of nitrogens with zero attached hydrogens (tertiary/aromatic N) is 5.